The highest BCUT2D eigenvalue weighted by atomic mass is 15.5. The van der Waals surface area contributed by atoms with Gasteiger partial charge in [0.25, 0.3) is 0 Å². The Hall–Kier alpha value is -0.120. The second-order valence-electron chi connectivity index (χ2n) is 1.95. The lowest BCUT2D eigenvalue weighted by Gasteiger charge is -2.06. The van der Waals surface area contributed by atoms with Gasteiger partial charge in [-0.25, -0.2) is 10.4 Å². The number of nitrogens with zero attached hydrogens (tertiary/aromatic N) is 1. The molecule has 0 aromatic rings. The van der Waals surface area contributed by atoms with E-state index in [1.165, 1.54) is 0 Å². The first kappa shape index (κ1) is 5.03. The summed E-state index contributed by atoms with van der Waals surface area (Å²) >= 11 is 0. The topological polar surface area (TPSA) is 41.3 Å². The Morgan fingerprint density at radius 1 is 1.86 bits per heavy atom. The van der Waals surface area contributed by atoms with Crippen LogP contribution in [0.5, 0.6) is 0 Å². The summed E-state index contributed by atoms with van der Waals surface area (Å²) in [6, 6.07) is 0. The molecule has 1 saturated heterocycles. The van der Waals surface area contributed by atoms with Crippen molar-refractivity contribution in [1.29, 1.82) is 0 Å². The van der Waals surface area contributed by atoms with Crippen molar-refractivity contribution in [3.8, 4) is 0 Å². The summed E-state index contributed by atoms with van der Waals surface area (Å²) in [5.41, 5.74) is 8.50. The second-order valence-corrected chi connectivity index (χ2v) is 1.95. The Labute approximate surface area is 43.4 Å². The van der Waals surface area contributed by atoms with E-state index >= 15 is 0 Å². The van der Waals surface area contributed by atoms with Gasteiger partial charge in [-0.1, -0.05) is 0 Å². The van der Waals surface area contributed by atoms with Crippen LogP contribution in [-0.2, 0) is 0 Å². The van der Waals surface area contributed by atoms with Crippen LogP contribution in [0.3, 0.4) is 0 Å². The van der Waals surface area contributed by atoms with Crippen molar-refractivity contribution >= 4 is 0 Å². The molecule has 0 aliphatic carbocycles. The van der Waals surface area contributed by atoms with Gasteiger partial charge in [0, 0.05) is 13.6 Å². The Balaban J connectivity index is 2.26. The van der Waals surface area contributed by atoms with E-state index in [-0.39, 0.29) is 6.17 Å². The van der Waals surface area contributed by atoms with E-state index in [4.69, 9.17) is 5.73 Å². The highest BCUT2D eigenvalue weighted by Gasteiger charge is 2.12. The van der Waals surface area contributed by atoms with Crippen molar-refractivity contribution in [3.63, 3.8) is 0 Å². The summed E-state index contributed by atoms with van der Waals surface area (Å²) in [6.45, 7) is 1.07. The van der Waals surface area contributed by atoms with Gasteiger partial charge in [-0.15, -0.1) is 0 Å². The molecule has 1 aliphatic heterocycles. The summed E-state index contributed by atoms with van der Waals surface area (Å²) in [5, 5.41) is 2.00. The fourth-order valence-electron chi connectivity index (χ4n) is 0.745. The third-order valence-corrected chi connectivity index (χ3v) is 1.16. The third-order valence-electron chi connectivity index (χ3n) is 1.16. The number of nitrogens with one attached hydrogen (secondary N) is 1. The quantitative estimate of drug-likeness (QED) is 0.416. The summed E-state index contributed by atoms with van der Waals surface area (Å²) in [5.74, 6) is 0. The van der Waals surface area contributed by atoms with E-state index in [2.05, 4.69) is 5.43 Å². The minimum atomic E-state index is 0.199. The Kier molecular flexibility index (Phi) is 1.27. The SMILES string of the molecule is CN1CCC(N)N1. The van der Waals surface area contributed by atoms with Crippen molar-refractivity contribution in [3.05, 3.63) is 0 Å². The molecule has 3 heteroatoms. The van der Waals surface area contributed by atoms with Crippen LogP contribution in [0.4, 0.5) is 0 Å². The summed E-state index contributed by atoms with van der Waals surface area (Å²) < 4.78 is 0. The molecule has 1 unspecified atom stereocenters. The summed E-state index contributed by atoms with van der Waals surface area (Å²) in [7, 11) is 1.99. The molecule has 0 spiro atoms. The Morgan fingerprint density at radius 2 is 2.57 bits per heavy atom. The van der Waals surface area contributed by atoms with E-state index in [0.29, 0.717) is 0 Å². The highest BCUT2D eigenvalue weighted by molar-refractivity contribution is 4.64. The van der Waals surface area contributed by atoms with E-state index in [1.54, 1.807) is 0 Å². The van der Waals surface area contributed by atoms with Crippen LogP contribution >= 0.6 is 0 Å². The van der Waals surface area contributed by atoms with Crippen LogP contribution in [0.1, 0.15) is 6.42 Å². The lowest BCUT2D eigenvalue weighted by atomic mass is 10.4. The predicted molar refractivity (Wildman–Crippen MR) is 28.4 cm³/mol. The van der Waals surface area contributed by atoms with Crippen LogP contribution in [0, 0.1) is 0 Å². The molecule has 1 aliphatic rings. The number of hydrogen-bond acceptors (Lipinski definition) is 3. The second kappa shape index (κ2) is 1.78. The Morgan fingerprint density at radius 3 is 2.71 bits per heavy atom. The molecule has 0 saturated carbocycles. The van der Waals surface area contributed by atoms with E-state index in [1.807, 2.05) is 12.1 Å². The van der Waals surface area contributed by atoms with Crippen LogP contribution < -0.4 is 11.2 Å². The van der Waals surface area contributed by atoms with Crippen LogP contribution in [0.2, 0.25) is 0 Å². The lowest BCUT2D eigenvalue weighted by molar-refractivity contribution is 0.293. The minimum Gasteiger partial charge on any atom is -0.315 e. The number of hydrazine groups is 1. The molecule has 1 atom stereocenters. The molecule has 0 aromatic heterocycles. The number of nitrogens with two attached hydrogens (primary N) is 1. The molecule has 0 bridgehead atoms. The molecule has 0 radical (unpaired) electrons. The molecule has 3 N–H and O–H groups in total. The first-order valence-electron chi connectivity index (χ1n) is 2.52. The molecule has 1 rings (SSSR count). The normalized spacial score (nSPS) is 34.3. The fraction of sp³-hybridized carbons (Fsp3) is 1.00. The smallest absolute Gasteiger partial charge is 0.0694 e. The molecule has 3 nitrogen and oxygen atoms in total. The molecule has 42 valence electrons. The molecule has 1 heterocycles. The number of hydrogen-bond donors (Lipinski definition) is 2. The van der Waals surface area contributed by atoms with Gasteiger partial charge in [-0.2, -0.15) is 0 Å². The third kappa shape index (κ3) is 1.12. The molecule has 7 heavy (non-hydrogen) atoms. The fourth-order valence-corrected chi connectivity index (χ4v) is 0.745. The zero-order valence-corrected chi connectivity index (χ0v) is 4.52. The van der Waals surface area contributed by atoms with Gasteiger partial charge in [0.15, 0.2) is 0 Å². The highest BCUT2D eigenvalue weighted by Crippen LogP contribution is 1.94. The zero-order valence-electron chi connectivity index (χ0n) is 4.52. The average molecular weight is 101 g/mol. The van der Waals surface area contributed by atoms with Crippen molar-refractivity contribution in [1.82, 2.24) is 10.4 Å². The van der Waals surface area contributed by atoms with Crippen LogP contribution in [-0.4, -0.2) is 24.8 Å². The van der Waals surface area contributed by atoms with Crippen molar-refractivity contribution in [2.45, 2.75) is 12.6 Å². The first-order valence-corrected chi connectivity index (χ1v) is 2.52. The lowest BCUT2D eigenvalue weighted by Crippen LogP contribution is -2.37. The molecular formula is C4H11N3. The molecule has 0 amide bonds. The zero-order chi connectivity index (χ0) is 5.28. The summed E-state index contributed by atoms with van der Waals surface area (Å²) in [4.78, 5) is 0. The van der Waals surface area contributed by atoms with Gasteiger partial charge < -0.3 is 5.73 Å². The predicted octanol–water partition coefficient (Wildman–Crippen LogP) is -0.889. The van der Waals surface area contributed by atoms with Gasteiger partial charge in [0.1, 0.15) is 0 Å². The van der Waals surface area contributed by atoms with Gasteiger partial charge in [0.05, 0.1) is 6.17 Å². The van der Waals surface area contributed by atoms with E-state index in [0.717, 1.165) is 13.0 Å². The minimum absolute atomic E-state index is 0.199. The van der Waals surface area contributed by atoms with Gasteiger partial charge in [0.2, 0.25) is 0 Å². The number of rotatable bonds is 0. The maximum atomic E-state index is 5.47. The standard InChI is InChI=1S/C4H11N3/c1-7-3-2-4(5)6-7/h4,6H,2-3,5H2,1H3. The van der Waals surface area contributed by atoms with Gasteiger partial charge >= 0.3 is 0 Å². The van der Waals surface area contributed by atoms with E-state index in [9.17, 15) is 0 Å². The molecule has 1 fully saturated rings. The maximum absolute atomic E-state index is 5.47. The molecule has 0 aromatic carbocycles. The Bertz CT molecular complexity index is 56.0. The van der Waals surface area contributed by atoms with Crippen molar-refractivity contribution < 1.29 is 0 Å². The maximum Gasteiger partial charge on any atom is 0.0694 e. The average Bonchev–Trinajstić information content (AvgIpc) is 1.87. The van der Waals surface area contributed by atoms with Crippen LogP contribution in [0.15, 0.2) is 0 Å². The van der Waals surface area contributed by atoms with Crippen molar-refractivity contribution in [2.24, 2.45) is 5.73 Å². The van der Waals surface area contributed by atoms with Gasteiger partial charge in [-0.05, 0) is 6.42 Å². The first-order chi connectivity index (χ1) is 3.29. The largest absolute Gasteiger partial charge is 0.315 e. The van der Waals surface area contributed by atoms with E-state index < -0.39 is 0 Å². The summed E-state index contributed by atoms with van der Waals surface area (Å²) in [6.07, 6.45) is 1.27. The van der Waals surface area contributed by atoms with Gasteiger partial charge in [-0.3, -0.25) is 0 Å². The monoisotopic (exact) mass is 101 g/mol. The van der Waals surface area contributed by atoms with Crippen molar-refractivity contribution in [2.75, 3.05) is 13.6 Å². The van der Waals surface area contributed by atoms with Crippen LogP contribution in [0.25, 0.3) is 0 Å². The molecular weight excluding hydrogens is 90.1 g/mol.